The number of hydrogen-bond acceptors (Lipinski definition) is 4. The molecule has 0 saturated carbocycles. The lowest BCUT2D eigenvalue weighted by molar-refractivity contribution is -0.118. The van der Waals surface area contributed by atoms with E-state index >= 15 is 0 Å². The van der Waals surface area contributed by atoms with Crippen LogP contribution in [0.2, 0.25) is 0 Å². The van der Waals surface area contributed by atoms with Crippen molar-refractivity contribution in [3.63, 3.8) is 0 Å². The van der Waals surface area contributed by atoms with Gasteiger partial charge in [-0.3, -0.25) is 4.79 Å². The molecule has 1 atom stereocenters. The van der Waals surface area contributed by atoms with E-state index in [-0.39, 0.29) is 23.2 Å². The molecule has 0 aliphatic carbocycles. The molecule has 1 saturated heterocycles. The second kappa shape index (κ2) is 6.47. The van der Waals surface area contributed by atoms with E-state index in [1.54, 1.807) is 0 Å². The van der Waals surface area contributed by atoms with E-state index in [2.05, 4.69) is 15.4 Å². The highest BCUT2D eigenvalue weighted by molar-refractivity contribution is 5.97. The highest BCUT2D eigenvalue weighted by Crippen LogP contribution is 2.18. The minimum atomic E-state index is -0.582. The van der Waals surface area contributed by atoms with Crippen molar-refractivity contribution in [3.05, 3.63) is 29.6 Å². The van der Waals surface area contributed by atoms with Crippen LogP contribution in [0.15, 0.2) is 18.2 Å². The number of amides is 1. The number of nitrogens with one attached hydrogen (secondary N) is 2. The molecule has 0 bridgehead atoms. The monoisotopic (exact) mass is 280 g/mol. The van der Waals surface area contributed by atoms with E-state index in [1.807, 2.05) is 0 Å². The average Bonchev–Trinajstić information content (AvgIpc) is 2.49. The fourth-order valence-corrected chi connectivity index (χ4v) is 2.16. The highest BCUT2D eigenvalue weighted by Gasteiger charge is 2.21. The first kappa shape index (κ1) is 14.5. The Balaban J connectivity index is 2.11. The lowest BCUT2D eigenvalue weighted by Crippen LogP contribution is -2.43. The molecule has 1 heterocycles. The lowest BCUT2D eigenvalue weighted by Gasteiger charge is -2.22. The summed E-state index contributed by atoms with van der Waals surface area (Å²) < 4.78 is 18.2. The van der Waals surface area contributed by atoms with Gasteiger partial charge < -0.3 is 15.4 Å². The molecule has 0 spiro atoms. The van der Waals surface area contributed by atoms with Gasteiger partial charge in [0, 0.05) is 0 Å². The third kappa shape index (κ3) is 3.33. The highest BCUT2D eigenvalue weighted by atomic mass is 19.1. The molecule has 1 fully saturated rings. The molecule has 108 valence electrons. The summed E-state index contributed by atoms with van der Waals surface area (Å²) in [6, 6.07) is 3.42. The first-order valence-electron chi connectivity index (χ1n) is 6.54. The molecule has 5 nitrogen and oxygen atoms in total. The van der Waals surface area contributed by atoms with Crippen LogP contribution >= 0.6 is 0 Å². The van der Waals surface area contributed by atoms with Gasteiger partial charge in [-0.05, 0) is 37.6 Å². The van der Waals surface area contributed by atoms with Crippen LogP contribution < -0.4 is 10.6 Å². The molecule has 0 aromatic heterocycles. The summed E-state index contributed by atoms with van der Waals surface area (Å²) in [6.07, 6.45) is 2.73. The Morgan fingerprint density at radius 2 is 2.20 bits per heavy atom. The lowest BCUT2D eigenvalue weighted by atomic mass is 10.0. The van der Waals surface area contributed by atoms with E-state index in [1.165, 1.54) is 19.2 Å². The second-order valence-corrected chi connectivity index (χ2v) is 4.68. The maximum absolute atomic E-state index is 13.7. The molecule has 20 heavy (non-hydrogen) atoms. The third-order valence-electron chi connectivity index (χ3n) is 3.27. The van der Waals surface area contributed by atoms with Crippen LogP contribution in [0.3, 0.4) is 0 Å². The molecule has 1 aromatic carbocycles. The number of carbonyl (C=O) groups excluding carboxylic acids is 2. The quantitative estimate of drug-likeness (QED) is 0.827. The van der Waals surface area contributed by atoms with Crippen LogP contribution in [0.25, 0.3) is 0 Å². The molecular formula is C14H17FN2O3. The number of hydrogen-bond donors (Lipinski definition) is 2. The zero-order valence-corrected chi connectivity index (χ0v) is 11.2. The Labute approximate surface area is 116 Å². The van der Waals surface area contributed by atoms with Gasteiger partial charge in [0.05, 0.1) is 24.4 Å². The van der Waals surface area contributed by atoms with Gasteiger partial charge >= 0.3 is 5.97 Å². The Bertz CT molecular complexity index is 513. The summed E-state index contributed by atoms with van der Waals surface area (Å²) in [4.78, 5) is 23.4. The van der Waals surface area contributed by atoms with Crippen molar-refractivity contribution in [1.29, 1.82) is 0 Å². The number of anilines is 1. The third-order valence-corrected chi connectivity index (χ3v) is 3.27. The summed E-state index contributed by atoms with van der Waals surface area (Å²) in [5, 5.41) is 5.60. The summed E-state index contributed by atoms with van der Waals surface area (Å²) in [6.45, 7) is 0.781. The van der Waals surface area contributed by atoms with Crippen molar-refractivity contribution in [3.8, 4) is 0 Å². The van der Waals surface area contributed by atoms with Crippen LogP contribution in [-0.4, -0.2) is 31.6 Å². The van der Waals surface area contributed by atoms with E-state index in [0.717, 1.165) is 31.9 Å². The number of halogens is 1. The summed E-state index contributed by atoms with van der Waals surface area (Å²) >= 11 is 0. The number of piperidine rings is 1. The van der Waals surface area contributed by atoms with Gasteiger partial charge in [0.15, 0.2) is 0 Å². The van der Waals surface area contributed by atoms with Crippen LogP contribution in [0, 0.1) is 5.82 Å². The van der Waals surface area contributed by atoms with E-state index in [4.69, 9.17) is 0 Å². The largest absolute Gasteiger partial charge is 0.465 e. The molecule has 1 aliphatic heterocycles. The van der Waals surface area contributed by atoms with Crippen molar-refractivity contribution >= 4 is 17.6 Å². The molecule has 1 aliphatic rings. The Hall–Kier alpha value is -1.95. The van der Waals surface area contributed by atoms with Gasteiger partial charge in [-0.25, -0.2) is 9.18 Å². The summed E-state index contributed by atoms with van der Waals surface area (Å²) in [5.74, 6) is -1.44. The van der Waals surface area contributed by atoms with Crippen molar-refractivity contribution in [2.24, 2.45) is 0 Å². The van der Waals surface area contributed by atoms with Crippen LogP contribution in [0.5, 0.6) is 0 Å². The minimum Gasteiger partial charge on any atom is -0.465 e. The van der Waals surface area contributed by atoms with Crippen molar-refractivity contribution in [1.82, 2.24) is 5.32 Å². The Morgan fingerprint density at radius 1 is 1.40 bits per heavy atom. The Morgan fingerprint density at radius 3 is 2.85 bits per heavy atom. The van der Waals surface area contributed by atoms with Crippen molar-refractivity contribution < 1.29 is 18.7 Å². The van der Waals surface area contributed by atoms with Crippen molar-refractivity contribution in [2.75, 3.05) is 19.0 Å². The number of esters is 1. The maximum atomic E-state index is 13.7. The topological polar surface area (TPSA) is 67.4 Å². The molecule has 6 heteroatoms. The minimum absolute atomic E-state index is 0.00901. The zero-order chi connectivity index (χ0) is 14.5. The second-order valence-electron chi connectivity index (χ2n) is 4.68. The summed E-state index contributed by atoms with van der Waals surface area (Å²) in [5.41, 5.74) is 0.186. The van der Waals surface area contributed by atoms with Gasteiger partial charge in [0.25, 0.3) is 0 Å². The van der Waals surface area contributed by atoms with Crippen LogP contribution in [0.1, 0.15) is 29.6 Å². The zero-order valence-electron chi connectivity index (χ0n) is 11.2. The average molecular weight is 280 g/mol. The first-order valence-corrected chi connectivity index (χ1v) is 6.54. The standard InChI is InChI=1S/C14H17FN2O3/c1-20-14(19)9-5-6-10(15)12(8-9)17-13(18)11-4-2-3-7-16-11/h5-6,8,11,16H,2-4,7H2,1H3,(H,17,18). The van der Waals surface area contributed by atoms with E-state index in [9.17, 15) is 14.0 Å². The van der Waals surface area contributed by atoms with E-state index in [0.29, 0.717) is 0 Å². The smallest absolute Gasteiger partial charge is 0.337 e. The number of ether oxygens (including phenoxy) is 1. The summed E-state index contributed by atoms with van der Waals surface area (Å²) in [7, 11) is 1.25. The van der Waals surface area contributed by atoms with Gasteiger partial charge in [0.2, 0.25) is 5.91 Å². The number of carbonyl (C=O) groups is 2. The molecule has 2 N–H and O–H groups in total. The molecule has 2 rings (SSSR count). The fourth-order valence-electron chi connectivity index (χ4n) is 2.16. The van der Waals surface area contributed by atoms with Crippen LogP contribution in [0.4, 0.5) is 10.1 Å². The predicted octanol–water partition coefficient (Wildman–Crippen LogP) is 1.69. The normalized spacial score (nSPS) is 18.4. The van der Waals surface area contributed by atoms with Gasteiger partial charge in [0.1, 0.15) is 5.82 Å². The maximum Gasteiger partial charge on any atom is 0.337 e. The van der Waals surface area contributed by atoms with Gasteiger partial charge in [-0.1, -0.05) is 6.42 Å². The van der Waals surface area contributed by atoms with Gasteiger partial charge in [-0.15, -0.1) is 0 Å². The van der Waals surface area contributed by atoms with Gasteiger partial charge in [-0.2, -0.15) is 0 Å². The fraction of sp³-hybridized carbons (Fsp3) is 0.429. The number of rotatable bonds is 3. The molecule has 0 radical (unpaired) electrons. The molecule has 1 amide bonds. The van der Waals surface area contributed by atoms with Crippen LogP contribution in [-0.2, 0) is 9.53 Å². The number of methoxy groups -OCH3 is 1. The molecular weight excluding hydrogens is 263 g/mol. The van der Waals surface area contributed by atoms with E-state index < -0.39 is 11.8 Å². The van der Waals surface area contributed by atoms with Crippen molar-refractivity contribution in [2.45, 2.75) is 25.3 Å². The molecule has 1 aromatic rings. The molecule has 1 unspecified atom stereocenters. The predicted molar refractivity (Wildman–Crippen MR) is 72.0 cm³/mol. The first-order chi connectivity index (χ1) is 9.61. The SMILES string of the molecule is COC(=O)c1ccc(F)c(NC(=O)C2CCCCN2)c1. The number of benzene rings is 1. The Kier molecular flexibility index (Phi) is 4.68.